The molecule has 1 aliphatic rings. The van der Waals surface area contributed by atoms with Crippen molar-refractivity contribution in [2.45, 2.75) is 26.8 Å². The molecule has 7 nitrogen and oxygen atoms in total. The second kappa shape index (κ2) is 8.31. The first kappa shape index (κ1) is 19.7. The number of carbonyl (C=O) groups excluding carboxylic acids is 2. The Kier molecular flexibility index (Phi) is 5.84. The molecule has 1 heterocycles. The first-order chi connectivity index (χ1) is 13.3. The number of anilines is 2. The second-order valence-corrected chi connectivity index (χ2v) is 7.17. The molecule has 1 unspecified atom stereocenters. The van der Waals surface area contributed by atoms with Crippen molar-refractivity contribution < 1.29 is 24.0 Å². The van der Waals surface area contributed by atoms with E-state index in [0.717, 1.165) is 21.7 Å². The molecule has 1 aliphatic heterocycles. The molecule has 0 saturated carbocycles. The normalized spacial score (nSPS) is 14.3. The fourth-order valence-corrected chi connectivity index (χ4v) is 2.92. The Labute approximate surface area is 164 Å². The number of ether oxygens (including phenoxy) is 2. The molecule has 0 aromatic heterocycles. The van der Waals surface area contributed by atoms with Crippen molar-refractivity contribution in [3.8, 4) is 11.5 Å². The lowest BCUT2D eigenvalue weighted by Gasteiger charge is -2.21. The second-order valence-electron chi connectivity index (χ2n) is 7.17. The molecule has 3 rings (SSSR count). The number of benzene rings is 2. The minimum Gasteiger partial charge on any atom is -0.454 e. The predicted molar refractivity (Wildman–Crippen MR) is 107 cm³/mol. The highest BCUT2D eigenvalue weighted by atomic mass is 16.7. The zero-order valence-electron chi connectivity index (χ0n) is 16.6. The largest absolute Gasteiger partial charge is 0.454 e. The number of carbonyl (C=O) groups is 2. The third-order valence-electron chi connectivity index (χ3n) is 4.88. The maximum atomic E-state index is 12.6. The van der Waals surface area contributed by atoms with Gasteiger partial charge in [-0.25, -0.2) is 0 Å². The number of rotatable bonds is 6. The first-order valence-electron chi connectivity index (χ1n) is 9.23. The molecule has 2 atom stereocenters. The summed E-state index contributed by atoms with van der Waals surface area (Å²) in [5, 5.41) is 5.80. The smallest absolute Gasteiger partial charge is 0.282 e. The number of fused-ring (bicyclic) bond motifs is 1. The molecule has 0 aliphatic carbocycles. The van der Waals surface area contributed by atoms with Gasteiger partial charge in [0.25, 0.3) is 11.8 Å². The fourth-order valence-electron chi connectivity index (χ4n) is 2.92. The van der Waals surface area contributed by atoms with Crippen LogP contribution < -0.4 is 25.0 Å². The van der Waals surface area contributed by atoms with Gasteiger partial charge in [-0.05, 0) is 50.1 Å². The number of hydrogen-bond donors (Lipinski definition) is 3. The van der Waals surface area contributed by atoms with E-state index in [-0.39, 0.29) is 25.2 Å². The highest BCUT2D eigenvalue weighted by Gasteiger charge is 2.25. The first-order valence-corrected chi connectivity index (χ1v) is 9.23. The van der Waals surface area contributed by atoms with Gasteiger partial charge in [0.1, 0.15) is 0 Å². The van der Waals surface area contributed by atoms with Gasteiger partial charge in [0.2, 0.25) is 6.79 Å². The summed E-state index contributed by atoms with van der Waals surface area (Å²) in [6.07, 6.45) is 0. The van der Waals surface area contributed by atoms with Crippen molar-refractivity contribution in [3.63, 3.8) is 0 Å². The summed E-state index contributed by atoms with van der Waals surface area (Å²) in [5.41, 5.74) is 3.52. The third-order valence-corrected chi connectivity index (χ3v) is 4.88. The number of nitrogens with one attached hydrogen (secondary N) is 3. The molecule has 28 heavy (non-hydrogen) atoms. The van der Waals surface area contributed by atoms with Crippen molar-refractivity contribution in [1.29, 1.82) is 0 Å². The monoisotopic (exact) mass is 384 g/mol. The van der Waals surface area contributed by atoms with Crippen LogP contribution in [0.25, 0.3) is 0 Å². The van der Waals surface area contributed by atoms with Crippen LogP contribution in [0, 0.1) is 13.8 Å². The van der Waals surface area contributed by atoms with Gasteiger partial charge in [0, 0.05) is 17.4 Å². The Bertz CT molecular complexity index is 897. The van der Waals surface area contributed by atoms with Crippen LogP contribution in [0.3, 0.4) is 0 Å². The minimum atomic E-state index is -0.408. The third kappa shape index (κ3) is 4.61. The Hall–Kier alpha value is -3.06. The highest BCUT2D eigenvalue weighted by Crippen LogP contribution is 2.34. The number of likely N-dealkylation sites (N-methyl/N-ethyl adjacent to an activating group) is 1. The molecular formula is C21H26N3O4+. The maximum Gasteiger partial charge on any atom is 0.282 e. The maximum absolute atomic E-state index is 12.6. The number of amides is 2. The molecular weight excluding hydrogens is 358 g/mol. The van der Waals surface area contributed by atoms with E-state index >= 15 is 0 Å². The van der Waals surface area contributed by atoms with Gasteiger partial charge in [-0.15, -0.1) is 0 Å². The SMILES string of the molecule is Cc1ccc(C)c(NC(=O)C[NH+](C)[C@@H](C)C(=O)Nc2ccc3c(c2)OCO3)c1. The topological polar surface area (TPSA) is 81.1 Å². The van der Waals surface area contributed by atoms with Crippen LogP contribution in [0.2, 0.25) is 0 Å². The molecule has 0 spiro atoms. The van der Waals surface area contributed by atoms with Crippen molar-refractivity contribution in [3.05, 3.63) is 47.5 Å². The summed E-state index contributed by atoms with van der Waals surface area (Å²) in [6, 6.07) is 10.8. The summed E-state index contributed by atoms with van der Waals surface area (Å²) in [7, 11) is 1.83. The number of aryl methyl sites for hydroxylation is 2. The van der Waals surface area contributed by atoms with Gasteiger partial charge in [-0.2, -0.15) is 0 Å². The van der Waals surface area contributed by atoms with E-state index in [1.807, 2.05) is 39.1 Å². The average molecular weight is 384 g/mol. The van der Waals surface area contributed by atoms with Crippen molar-refractivity contribution in [2.75, 3.05) is 31.0 Å². The number of quaternary nitrogens is 1. The van der Waals surface area contributed by atoms with Gasteiger partial charge in [0.05, 0.1) is 7.05 Å². The van der Waals surface area contributed by atoms with E-state index in [1.165, 1.54) is 0 Å². The van der Waals surface area contributed by atoms with Gasteiger partial charge in [-0.1, -0.05) is 12.1 Å². The van der Waals surface area contributed by atoms with Gasteiger partial charge >= 0.3 is 0 Å². The van der Waals surface area contributed by atoms with Crippen molar-refractivity contribution in [2.24, 2.45) is 0 Å². The molecule has 0 radical (unpaired) electrons. The van der Waals surface area contributed by atoms with E-state index in [4.69, 9.17) is 9.47 Å². The summed E-state index contributed by atoms with van der Waals surface area (Å²) in [5.74, 6) is 0.973. The van der Waals surface area contributed by atoms with E-state index in [2.05, 4.69) is 10.6 Å². The Balaban J connectivity index is 1.55. The van der Waals surface area contributed by atoms with Crippen LogP contribution in [0.1, 0.15) is 18.1 Å². The van der Waals surface area contributed by atoms with E-state index in [0.29, 0.717) is 17.2 Å². The Morgan fingerprint density at radius 2 is 1.82 bits per heavy atom. The predicted octanol–water partition coefficient (Wildman–Crippen LogP) is 1.51. The summed E-state index contributed by atoms with van der Waals surface area (Å²) in [6.45, 7) is 6.10. The fraction of sp³-hybridized carbons (Fsp3) is 0.333. The van der Waals surface area contributed by atoms with Crippen molar-refractivity contribution >= 4 is 23.2 Å². The standard InChI is InChI=1S/C21H25N3O4/c1-13-5-6-14(2)17(9-13)23-20(25)11-24(4)15(3)21(26)22-16-7-8-18-19(10-16)28-12-27-18/h5-10,15H,11-12H2,1-4H3,(H,22,26)(H,23,25)/p+1/t15-/m0/s1. The van der Waals surface area contributed by atoms with Crippen LogP contribution in [0.15, 0.2) is 36.4 Å². The summed E-state index contributed by atoms with van der Waals surface area (Å²) in [4.78, 5) is 25.8. The molecule has 2 amide bonds. The van der Waals surface area contributed by atoms with E-state index in [1.54, 1.807) is 25.1 Å². The molecule has 0 fully saturated rings. The molecule has 3 N–H and O–H groups in total. The van der Waals surface area contributed by atoms with Crippen molar-refractivity contribution in [1.82, 2.24) is 0 Å². The quantitative estimate of drug-likeness (QED) is 0.705. The molecule has 2 aromatic rings. The van der Waals surface area contributed by atoms with Crippen LogP contribution in [-0.4, -0.2) is 38.2 Å². The lowest BCUT2D eigenvalue weighted by molar-refractivity contribution is -0.885. The van der Waals surface area contributed by atoms with Crippen LogP contribution in [-0.2, 0) is 9.59 Å². The molecule has 2 aromatic carbocycles. The number of hydrogen-bond acceptors (Lipinski definition) is 4. The Morgan fingerprint density at radius 3 is 2.61 bits per heavy atom. The van der Waals surface area contributed by atoms with Crippen LogP contribution >= 0.6 is 0 Å². The summed E-state index contributed by atoms with van der Waals surface area (Å²) < 4.78 is 10.6. The summed E-state index contributed by atoms with van der Waals surface area (Å²) >= 11 is 0. The molecule has 0 bridgehead atoms. The zero-order chi connectivity index (χ0) is 20.3. The Morgan fingerprint density at radius 1 is 1.07 bits per heavy atom. The molecule has 148 valence electrons. The van der Waals surface area contributed by atoms with Crippen LogP contribution in [0.5, 0.6) is 11.5 Å². The van der Waals surface area contributed by atoms with Gasteiger partial charge in [-0.3, -0.25) is 9.59 Å². The van der Waals surface area contributed by atoms with E-state index < -0.39 is 6.04 Å². The average Bonchev–Trinajstić information content (AvgIpc) is 3.11. The minimum absolute atomic E-state index is 0.131. The molecule has 0 saturated heterocycles. The van der Waals surface area contributed by atoms with Gasteiger partial charge in [0.15, 0.2) is 24.1 Å². The van der Waals surface area contributed by atoms with E-state index in [9.17, 15) is 9.59 Å². The lowest BCUT2D eigenvalue weighted by Crippen LogP contribution is -3.14. The lowest BCUT2D eigenvalue weighted by atomic mass is 10.1. The molecule has 7 heteroatoms. The van der Waals surface area contributed by atoms with Crippen LogP contribution in [0.4, 0.5) is 11.4 Å². The van der Waals surface area contributed by atoms with Gasteiger partial charge < -0.3 is 25.0 Å². The zero-order valence-corrected chi connectivity index (χ0v) is 16.6. The highest BCUT2D eigenvalue weighted by molar-refractivity contribution is 5.95.